The summed E-state index contributed by atoms with van der Waals surface area (Å²) in [5, 5.41) is 0.468. The van der Waals surface area contributed by atoms with E-state index in [1.807, 2.05) is 6.07 Å². The van der Waals surface area contributed by atoms with E-state index in [2.05, 4.69) is 16.8 Å². The molecular formula is C15H20ClFN2. The van der Waals surface area contributed by atoms with Gasteiger partial charge in [-0.15, -0.1) is 0 Å². The lowest BCUT2D eigenvalue weighted by molar-refractivity contribution is 0.213. The Morgan fingerprint density at radius 1 is 1.26 bits per heavy atom. The minimum atomic E-state index is -0.185. The molecule has 2 aliphatic heterocycles. The van der Waals surface area contributed by atoms with Crippen LogP contribution < -0.4 is 0 Å². The summed E-state index contributed by atoms with van der Waals surface area (Å²) in [4.78, 5) is 4.89. The largest absolute Gasteiger partial charge is 0.299 e. The van der Waals surface area contributed by atoms with Crippen LogP contribution in [0.3, 0.4) is 0 Å². The Morgan fingerprint density at radius 3 is 2.84 bits per heavy atom. The van der Waals surface area contributed by atoms with Crippen LogP contribution in [0.5, 0.6) is 0 Å². The summed E-state index contributed by atoms with van der Waals surface area (Å²) in [6.45, 7) is 2.81. The van der Waals surface area contributed by atoms with Gasteiger partial charge < -0.3 is 0 Å². The highest BCUT2D eigenvalue weighted by Gasteiger charge is 2.34. The number of nitrogens with zero attached hydrogens (tertiary/aromatic N) is 2. The Labute approximate surface area is 119 Å². The second kappa shape index (κ2) is 5.39. The van der Waals surface area contributed by atoms with Gasteiger partial charge in [-0.25, -0.2) is 4.39 Å². The molecule has 0 radical (unpaired) electrons. The van der Waals surface area contributed by atoms with Gasteiger partial charge in [0, 0.05) is 42.3 Å². The molecule has 19 heavy (non-hydrogen) atoms. The summed E-state index contributed by atoms with van der Waals surface area (Å²) in [5.41, 5.74) is 0.754. The topological polar surface area (TPSA) is 6.48 Å². The summed E-state index contributed by atoms with van der Waals surface area (Å²) < 4.78 is 13.8. The molecule has 2 heterocycles. The molecule has 104 valence electrons. The molecule has 0 amide bonds. The second-order valence-electron chi connectivity index (χ2n) is 5.81. The number of halogens is 2. The summed E-state index contributed by atoms with van der Waals surface area (Å²) >= 11 is 5.80. The van der Waals surface area contributed by atoms with Gasteiger partial charge in [-0.05, 0) is 38.4 Å². The summed E-state index contributed by atoms with van der Waals surface area (Å²) in [6, 6.07) is 6.36. The Balaban J connectivity index is 1.70. The van der Waals surface area contributed by atoms with Crippen LogP contribution in [-0.4, -0.2) is 42.0 Å². The van der Waals surface area contributed by atoms with Crippen molar-refractivity contribution >= 4 is 11.6 Å². The van der Waals surface area contributed by atoms with Crippen molar-refractivity contribution in [3.63, 3.8) is 0 Å². The molecule has 0 aromatic heterocycles. The number of rotatable bonds is 2. The van der Waals surface area contributed by atoms with E-state index in [-0.39, 0.29) is 5.82 Å². The molecule has 0 N–H and O–H groups in total. The maximum absolute atomic E-state index is 13.8. The fourth-order valence-corrected chi connectivity index (χ4v) is 3.57. The van der Waals surface area contributed by atoms with Crippen LogP contribution in [-0.2, 0) is 6.54 Å². The van der Waals surface area contributed by atoms with Gasteiger partial charge in [0.1, 0.15) is 5.82 Å². The molecule has 2 saturated heterocycles. The SMILES string of the molecule is CN1[C@H]2CC[C@H]1CN(Cc1ccc(Cl)cc1F)CC2. The van der Waals surface area contributed by atoms with Gasteiger partial charge in [0.05, 0.1) is 0 Å². The third-order valence-corrected chi connectivity index (χ3v) is 4.88. The van der Waals surface area contributed by atoms with E-state index in [0.717, 1.165) is 24.7 Å². The van der Waals surface area contributed by atoms with Crippen molar-refractivity contribution < 1.29 is 4.39 Å². The number of likely N-dealkylation sites (N-methyl/N-ethyl adjacent to an activating group) is 1. The number of benzene rings is 1. The quantitative estimate of drug-likeness (QED) is 0.822. The van der Waals surface area contributed by atoms with Gasteiger partial charge in [-0.2, -0.15) is 0 Å². The summed E-state index contributed by atoms with van der Waals surface area (Å²) in [6.07, 6.45) is 3.80. The molecule has 0 saturated carbocycles. The lowest BCUT2D eigenvalue weighted by atomic mass is 10.1. The zero-order valence-electron chi connectivity index (χ0n) is 11.3. The predicted molar refractivity (Wildman–Crippen MR) is 75.9 cm³/mol. The molecule has 4 heteroatoms. The molecule has 2 aliphatic rings. The monoisotopic (exact) mass is 282 g/mol. The third kappa shape index (κ3) is 2.78. The van der Waals surface area contributed by atoms with Crippen LogP contribution in [0.15, 0.2) is 18.2 Å². The van der Waals surface area contributed by atoms with Crippen LogP contribution in [0.25, 0.3) is 0 Å². The second-order valence-corrected chi connectivity index (χ2v) is 6.25. The van der Waals surface area contributed by atoms with Crippen LogP contribution in [0, 0.1) is 5.82 Å². The van der Waals surface area contributed by atoms with Gasteiger partial charge in [0.25, 0.3) is 0 Å². The molecule has 2 nitrogen and oxygen atoms in total. The van der Waals surface area contributed by atoms with Gasteiger partial charge in [-0.1, -0.05) is 17.7 Å². The van der Waals surface area contributed by atoms with Crippen molar-refractivity contribution in [1.82, 2.24) is 9.80 Å². The zero-order chi connectivity index (χ0) is 13.4. The van der Waals surface area contributed by atoms with Crippen LogP contribution in [0.2, 0.25) is 5.02 Å². The standard InChI is InChI=1S/C15H20ClFN2/c1-18-13-4-5-14(18)10-19(7-6-13)9-11-2-3-12(16)8-15(11)17/h2-3,8,13-14H,4-7,9-10H2,1H3/t13-,14-/m0/s1. The molecule has 1 aromatic carbocycles. The lowest BCUT2D eigenvalue weighted by Crippen LogP contribution is -2.36. The Bertz CT molecular complexity index is 465. The Hall–Kier alpha value is -0.640. The number of hydrogen-bond acceptors (Lipinski definition) is 2. The first kappa shape index (κ1) is 13.3. The molecule has 2 fully saturated rings. The normalized spacial score (nSPS) is 28.6. The maximum Gasteiger partial charge on any atom is 0.129 e. The highest BCUT2D eigenvalue weighted by molar-refractivity contribution is 6.30. The van der Waals surface area contributed by atoms with E-state index in [1.165, 1.54) is 25.3 Å². The maximum atomic E-state index is 13.8. The lowest BCUT2D eigenvalue weighted by Gasteiger charge is -2.25. The first-order valence-corrected chi connectivity index (χ1v) is 7.39. The third-order valence-electron chi connectivity index (χ3n) is 4.64. The smallest absolute Gasteiger partial charge is 0.129 e. The van der Waals surface area contributed by atoms with Crippen molar-refractivity contribution in [2.75, 3.05) is 20.1 Å². The molecule has 3 rings (SSSR count). The van der Waals surface area contributed by atoms with Gasteiger partial charge in [0.2, 0.25) is 0 Å². The molecular weight excluding hydrogens is 263 g/mol. The zero-order valence-corrected chi connectivity index (χ0v) is 12.0. The first-order chi connectivity index (χ1) is 9.13. The number of likely N-dealkylation sites (tertiary alicyclic amines) is 1. The van der Waals surface area contributed by atoms with Crippen LogP contribution in [0.4, 0.5) is 4.39 Å². The summed E-state index contributed by atoms with van der Waals surface area (Å²) in [7, 11) is 2.23. The van der Waals surface area contributed by atoms with Crippen molar-refractivity contribution in [2.45, 2.75) is 37.9 Å². The molecule has 2 bridgehead atoms. The van der Waals surface area contributed by atoms with E-state index in [1.54, 1.807) is 6.07 Å². The van der Waals surface area contributed by atoms with Crippen LogP contribution >= 0.6 is 11.6 Å². The average Bonchev–Trinajstić information content (AvgIpc) is 2.60. The summed E-state index contributed by atoms with van der Waals surface area (Å²) in [5.74, 6) is -0.185. The van der Waals surface area contributed by atoms with E-state index < -0.39 is 0 Å². The molecule has 2 atom stereocenters. The highest BCUT2D eigenvalue weighted by Crippen LogP contribution is 2.29. The molecule has 0 aliphatic carbocycles. The van der Waals surface area contributed by atoms with Crippen molar-refractivity contribution in [3.05, 3.63) is 34.6 Å². The Kier molecular flexibility index (Phi) is 3.79. The van der Waals surface area contributed by atoms with E-state index >= 15 is 0 Å². The van der Waals surface area contributed by atoms with Gasteiger partial charge >= 0.3 is 0 Å². The fraction of sp³-hybridized carbons (Fsp3) is 0.600. The first-order valence-electron chi connectivity index (χ1n) is 7.01. The number of hydrogen-bond donors (Lipinski definition) is 0. The van der Waals surface area contributed by atoms with Crippen molar-refractivity contribution in [2.24, 2.45) is 0 Å². The molecule has 1 aromatic rings. The van der Waals surface area contributed by atoms with Gasteiger partial charge in [0.15, 0.2) is 0 Å². The Morgan fingerprint density at radius 2 is 2.05 bits per heavy atom. The number of fused-ring (bicyclic) bond motifs is 2. The molecule has 0 unspecified atom stereocenters. The average molecular weight is 283 g/mol. The van der Waals surface area contributed by atoms with Crippen LogP contribution in [0.1, 0.15) is 24.8 Å². The minimum Gasteiger partial charge on any atom is -0.299 e. The molecule has 0 spiro atoms. The van der Waals surface area contributed by atoms with E-state index in [0.29, 0.717) is 17.6 Å². The minimum absolute atomic E-state index is 0.185. The van der Waals surface area contributed by atoms with E-state index in [9.17, 15) is 4.39 Å². The highest BCUT2D eigenvalue weighted by atomic mass is 35.5. The van der Waals surface area contributed by atoms with Crippen molar-refractivity contribution in [1.29, 1.82) is 0 Å². The van der Waals surface area contributed by atoms with Gasteiger partial charge in [-0.3, -0.25) is 9.80 Å². The van der Waals surface area contributed by atoms with Crippen molar-refractivity contribution in [3.8, 4) is 0 Å². The predicted octanol–water partition coefficient (Wildman–Crippen LogP) is 3.15. The fourth-order valence-electron chi connectivity index (χ4n) is 3.41. The van der Waals surface area contributed by atoms with E-state index in [4.69, 9.17) is 11.6 Å².